The molecule has 0 saturated carbocycles. The molecule has 1 aliphatic rings. The van der Waals surface area contributed by atoms with Gasteiger partial charge in [0.05, 0.1) is 5.69 Å². The quantitative estimate of drug-likeness (QED) is 0.835. The fourth-order valence-corrected chi connectivity index (χ4v) is 2.84. The van der Waals surface area contributed by atoms with Crippen LogP contribution in [0.25, 0.3) is 0 Å². The van der Waals surface area contributed by atoms with Crippen LogP contribution in [0, 0.1) is 0 Å². The zero-order chi connectivity index (χ0) is 12.3. The predicted molar refractivity (Wildman–Crippen MR) is 71.9 cm³/mol. The molecular formula is C12H17Cl2N3. The molecule has 1 aromatic heterocycles. The highest BCUT2D eigenvalue weighted by Gasteiger charge is 2.24. The van der Waals surface area contributed by atoms with E-state index in [0.717, 1.165) is 12.2 Å². The number of nitrogens with zero attached hydrogens (tertiary/aromatic N) is 3. The molecule has 0 amide bonds. The van der Waals surface area contributed by atoms with Crippen molar-refractivity contribution in [3.63, 3.8) is 0 Å². The van der Waals surface area contributed by atoms with Gasteiger partial charge in [-0.15, -0.1) is 10.2 Å². The Kier molecular flexibility index (Phi) is 4.46. The Labute approximate surface area is 112 Å². The third-order valence-electron chi connectivity index (χ3n) is 3.26. The van der Waals surface area contributed by atoms with Gasteiger partial charge in [0.2, 0.25) is 0 Å². The topological polar surface area (TPSA) is 29.0 Å². The van der Waals surface area contributed by atoms with E-state index in [-0.39, 0.29) is 0 Å². The normalized spacial score (nSPS) is 20.6. The highest BCUT2D eigenvalue weighted by Crippen LogP contribution is 2.32. The van der Waals surface area contributed by atoms with Gasteiger partial charge in [-0.1, -0.05) is 36.5 Å². The number of aromatic nitrogens is 2. The summed E-state index contributed by atoms with van der Waals surface area (Å²) in [7, 11) is 0. The van der Waals surface area contributed by atoms with Crippen molar-refractivity contribution in [1.29, 1.82) is 0 Å². The van der Waals surface area contributed by atoms with Crippen LogP contribution in [0.5, 0.6) is 0 Å². The molecule has 1 atom stereocenters. The second-order valence-corrected chi connectivity index (χ2v) is 5.22. The van der Waals surface area contributed by atoms with Gasteiger partial charge >= 0.3 is 0 Å². The van der Waals surface area contributed by atoms with E-state index < -0.39 is 0 Å². The summed E-state index contributed by atoms with van der Waals surface area (Å²) in [6.07, 6.45) is 6.10. The van der Waals surface area contributed by atoms with Crippen molar-refractivity contribution < 1.29 is 0 Å². The number of hydrogen-bond acceptors (Lipinski definition) is 3. The largest absolute Gasteiger partial charge is 0.366 e. The SMILES string of the molecule is CCCC1CCCCN1c1cc(Cl)nnc1Cl. The predicted octanol–water partition coefficient (Wildman–Crippen LogP) is 3.94. The monoisotopic (exact) mass is 273 g/mol. The first-order valence-electron chi connectivity index (χ1n) is 6.17. The van der Waals surface area contributed by atoms with Gasteiger partial charge in [0.15, 0.2) is 10.3 Å². The van der Waals surface area contributed by atoms with Crippen molar-refractivity contribution >= 4 is 28.9 Å². The van der Waals surface area contributed by atoms with E-state index in [0.29, 0.717) is 16.3 Å². The Morgan fingerprint density at radius 3 is 2.94 bits per heavy atom. The van der Waals surface area contributed by atoms with Crippen LogP contribution in [-0.4, -0.2) is 22.8 Å². The third kappa shape index (κ3) is 3.02. The lowest BCUT2D eigenvalue weighted by atomic mass is 9.98. The molecule has 0 N–H and O–H groups in total. The summed E-state index contributed by atoms with van der Waals surface area (Å²) in [5.41, 5.74) is 0.935. The molecule has 1 unspecified atom stereocenters. The van der Waals surface area contributed by atoms with E-state index in [1.54, 1.807) is 0 Å². The van der Waals surface area contributed by atoms with Crippen molar-refractivity contribution in [2.75, 3.05) is 11.4 Å². The van der Waals surface area contributed by atoms with Crippen LogP contribution < -0.4 is 4.90 Å². The molecule has 1 fully saturated rings. The van der Waals surface area contributed by atoms with Crippen molar-refractivity contribution in [3.8, 4) is 0 Å². The van der Waals surface area contributed by atoms with Gasteiger partial charge in [-0.05, 0) is 25.7 Å². The van der Waals surface area contributed by atoms with Crippen molar-refractivity contribution in [2.24, 2.45) is 0 Å². The Bertz CT molecular complexity index is 382. The van der Waals surface area contributed by atoms with Crippen LogP contribution in [-0.2, 0) is 0 Å². The smallest absolute Gasteiger partial charge is 0.175 e. The molecule has 0 radical (unpaired) electrons. The zero-order valence-corrected chi connectivity index (χ0v) is 11.5. The summed E-state index contributed by atoms with van der Waals surface area (Å²) in [5, 5.41) is 8.52. The van der Waals surface area contributed by atoms with Crippen LogP contribution in [0.4, 0.5) is 5.69 Å². The van der Waals surface area contributed by atoms with Gasteiger partial charge < -0.3 is 4.90 Å². The molecule has 0 bridgehead atoms. The van der Waals surface area contributed by atoms with E-state index in [1.807, 2.05) is 6.07 Å². The Balaban J connectivity index is 2.25. The average molecular weight is 274 g/mol. The van der Waals surface area contributed by atoms with E-state index in [9.17, 15) is 0 Å². The first-order chi connectivity index (χ1) is 8.22. The van der Waals surface area contributed by atoms with Crippen molar-refractivity contribution in [1.82, 2.24) is 10.2 Å². The zero-order valence-electron chi connectivity index (χ0n) is 9.99. The van der Waals surface area contributed by atoms with E-state index in [1.165, 1.54) is 32.1 Å². The minimum Gasteiger partial charge on any atom is -0.366 e. The van der Waals surface area contributed by atoms with Crippen molar-refractivity contribution in [3.05, 3.63) is 16.4 Å². The molecule has 0 spiro atoms. The highest BCUT2D eigenvalue weighted by atomic mass is 35.5. The van der Waals surface area contributed by atoms with E-state index in [4.69, 9.17) is 23.2 Å². The lowest BCUT2D eigenvalue weighted by Crippen LogP contribution is -2.39. The van der Waals surface area contributed by atoms with Crippen LogP contribution in [0.15, 0.2) is 6.07 Å². The number of hydrogen-bond donors (Lipinski definition) is 0. The summed E-state index contributed by atoms with van der Waals surface area (Å²) in [5.74, 6) is 0. The maximum Gasteiger partial charge on any atom is 0.175 e. The highest BCUT2D eigenvalue weighted by molar-refractivity contribution is 6.33. The minimum atomic E-state index is 0.408. The molecule has 2 heterocycles. The molecule has 0 aromatic carbocycles. The Hall–Kier alpha value is -0.540. The molecule has 2 rings (SSSR count). The summed E-state index contributed by atoms with van der Waals surface area (Å²) in [6, 6.07) is 2.39. The maximum atomic E-state index is 6.12. The average Bonchev–Trinajstić information content (AvgIpc) is 2.34. The number of anilines is 1. The number of piperidine rings is 1. The van der Waals surface area contributed by atoms with Crippen LogP contribution in [0.3, 0.4) is 0 Å². The maximum absolute atomic E-state index is 6.12. The summed E-state index contributed by atoms with van der Waals surface area (Å²) < 4.78 is 0. The van der Waals surface area contributed by atoms with Crippen LogP contribution >= 0.6 is 23.2 Å². The molecule has 1 aromatic rings. The lowest BCUT2D eigenvalue weighted by Gasteiger charge is -2.37. The van der Waals surface area contributed by atoms with Gasteiger partial charge in [-0.3, -0.25) is 0 Å². The molecular weight excluding hydrogens is 257 g/mol. The first-order valence-corrected chi connectivity index (χ1v) is 6.93. The van der Waals surface area contributed by atoms with Crippen LogP contribution in [0.1, 0.15) is 39.0 Å². The van der Waals surface area contributed by atoms with Gasteiger partial charge in [-0.25, -0.2) is 0 Å². The van der Waals surface area contributed by atoms with Crippen LogP contribution in [0.2, 0.25) is 10.3 Å². The molecule has 1 aliphatic heterocycles. The standard InChI is InChI=1S/C12H17Cl2N3/c1-2-5-9-6-3-4-7-17(9)10-8-11(13)15-16-12(10)14/h8-9H,2-7H2,1H3. The molecule has 3 nitrogen and oxygen atoms in total. The Morgan fingerprint density at radius 1 is 1.35 bits per heavy atom. The fourth-order valence-electron chi connectivity index (χ4n) is 2.50. The van der Waals surface area contributed by atoms with E-state index in [2.05, 4.69) is 22.0 Å². The lowest BCUT2D eigenvalue weighted by molar-refractivity contribution is 0.434. The van der Waals surface area contributed by atoms with Gasteiger partial charge in [0.1, 0.15) is 0 Å². The summed E-state index contributed by atoms with van der Waals surface area (Å²) in [6.45, 7) is 3.25. The number of rotatable bonds is 3. The Morgan fingerprint density at radius 2 is 2.18 bits per heavy atom. The fraction of sp³-hybridized carbons (Fsp3) is 0.667. The van der Waals surface area contributed by atoms with Gasteiger partial charge in [0.25, 0.3) is 0 Å². The molecule has 5 heteroatoms. The first kappa shape index (κ1) is 12.9. The molecule has 17 heavy (non-hydrogen) atoms. The summed E-state index contributed by atoms with van der Waals surface area (Å²) in [4.78, 5) is 2.34. The second kappa shape index (κ2) is 5.87. The minimum absolute atomic E-state index is 0.408. The van der Waals surface area contributed by atoms with Gasteiger partial charge in [-0.2, -0.15) is 0 Å². The van der Waals surface area contributed by atoms with Gasteiger partial charge in [0, 0.05) is 18.7 Å². The van der Waals surface area contributed by atoms with E-state index >= 15 is 0 Å². The number of halogens is 2. The summed E-state index contributed by atoms with van der Waals surface area (Å²) >= 11 is 12.0. The molecule has 0 aliphatic carbocycles. The second-order valence-electron chi connectivity index (χ2n) is 4.47. The van der Waals surface area contributed by atoms with Crippen molar-refractivity contribution in [2.45, 2.75) is 45.1 Å². The third-order valence-corrected chi connectivity index (χ3v) is 3.71. The molecule has 1 saturated heterocycles. The molecule has 94 valence electrons.